The smallest absolute Gasteiger partial charge is 0.161 e. The molecule has 2 aromatic heterocycles. The number of phenols is 1. The fourth-order valence-electron chi connectivity index (χ4n) is 6.42. The van der Waals surface area contributed by atoms with Gasteiger partial charge in [-0.15, -0.1) is 0 Å². The Morgan fingerprint density at radius 2 is 1.73 bits per heavy atom. The number of fused-ring (bicyclic) bond motifs is 1. The van der Waals surface area contributed by atoms with Crippen molar-refractivity contribution in [2.45, 2.75) is 83.0 Å². The number of aryl methyl sites for hydroxylation is 1. The third-order valence-corrected chi connectivity index (χ3v) is 8.84. The first-order valence-corrected chi connectivity index (χ1v) is 16.0. The quantitative estimate of drug-likeness (QED) is 0.104. The van der Waals surface area contributed by atoms with E-state index in [0.717, 1.165) is 67.3 Å². The van der Waals surface area contributed by atoms with E-state index in [-0.39, 0.29) is 49.1 Å². The molecule has 9 heteroatoms. The van der Waals surface area contributed by atoms with E-state index in [4.69, 9.17) is 15.6 Å². The van der Waals surface area contributed by atoms with Crippen molar-refractivity contribution in [1.29, 1.82) is 0 Å². The number of hydrogen-bond acceptors (Lipinski definition) is 8. The highest BCUT2D eigenvalue weighted by Gasteiger charge is 2.43. The van der Waals surface area contributed by atoms with Crippen LogP contribution in [-0.4, -0.2) is 52.2 Å². The summed E-state index contributed by atoms with van der Waals surface area (Å²) in [4.78, 5) is 34.0. The number of nitrogens with zero attached hydrogens (tertiary/aromatic N) is 2. The number of ketones is 2. The van der Waals surface area contributed by atoms with Gasteiger partial charge >= 0.3 is 0 Å². The van der Waals surface area contributed by atoms with Crippen LogP contribution in [0.1, 0.15) is 98.1 Å². The topological polar surface area (TPSA) is 157 Å². The summed E-state index contributed by atoms with van der Waals surface area (Å²) < 4.78 is 5.57. The molecular weight excluding hydrogens is 570 g/mol. The summed E-state index contributed by atoms with van der Waals surface area (Å²) in [6, 6.07) is 9.19. The van der Waals surface area contributed by atoms with Crippen LogP contribution in [0.2, 0.25) is 0 Å². The van der Waals surface area contributed by atoms with Crippen molar-refractivity contribution in [2.75, 3.05) is 26.1 Å². The third kappa shape index (κ3) is 8.61. The number of nitrogens with two attached hydrogens (primary N) is 1. The maximum atomic E-state index is 12.8. The fourth-order valence-corrected chi connectivity index (χ4v) is 6.42. The number of ether oxygens (including phenoxy) is 1. The van der Waals surface area contributed by atoms with Crippen LogP contribution in [0.4, 0.5) is 5.82 Å². The Balaban J connectivity index is 1.50. The number of hydrogen-bond donors (Lipinski definition) is 4. The lowest BCUT2D eigenvalue weighted by molar-refractivity contribution is -0.127. The average molecular weight is 617 g/mol. The molecule has 1 aliphatic carbocycles. The molecule has 0 saturated heterocycles. The molecule has 242 valence electrons. The van der Waals surface area contributed by atoms with E-state index >= 15 is 0 Å². The van der Waals surface area contributed by atoms with E-state index < -0.39 is 11.3 Å². The molecule has 0 fully saturated rings. The van der Waals surface area contributed by atoms with Crippen molar-refractivity contribution in [1.82, 2.24) is 9.97 Å². The van der Waals surface area contributed by atoms with Crippen molar-refractivity contribution in [3.8, 4) is 11.5 Å². The molecule has 0 bridgehead atoms. The van der Waals surface area contributed by atoms with Gasteiger partial charge < -0.3 is 30.8 Å². The maximum absolute atomic E-state index is 12.8. The predicted octanol–water partition coefficient (Wildman–Crippen LogP) is 5.29. The Kier molecular flexibility index (Phi) is 12.4. The molecule has 5 N–H and O–H groups in total. The number of benzene rings is 1. The molecule has 3 aromatic rings. The first kappa shape index (κ1) is 33.9. The Labute approximate surface area is 265 Å². The molecule has 0 radical (unpaired) electrons. The summed E-state index contributed by atoms with van der Waals surface area (Å²) in [6.45, 7) is 0.0149. The van der Waals surface area contributed by atoms with Gasteiger partial charge in [-0.05, 0) is 48.9 Å². The molecule has 2 atom stereocenters. The minimum Gasteiger partial charge on any atom is -0.668 e. The highest BCUT2D eigenvalue weighted by Crippen LogP contribution is 2.53. The molecule has 0 spiro atoms. The number of phenolic OH excluding ortho intramolecular Hbond substituents is 1. The molecule has 0 amide bonds. The number of carbonyl (C=O) groups is 2. The van der Waals surface area contributed by atoms with Crippen LogP contribution in [0.25, 0.3) is 6.08 Å². The molecular formula is C36H46N3O6-. The van der Waals surface area contributed by atoms with Gasteiger partial charge in [-0.2, -0.15) is 11.9 Å². The van der Waals surface area contributed by atoms with E-state index in [1.54, 1.807) is 18.5 Å². The zero-order chi connectivity index (χ0) is 32.2. The van der Waals surface area contributed by atoms with E-state index in [1.807, 2.05) is 36.4 Å². The minimum atomic E-state index is -0.856. The van der Waals surface area contributed by atoms with Gasteiger partial charge in [0.1, 0.15) is 17.4 Å². The zero-order valence-corrected chi connectivity index (χ0v) is 26.2. The lowest BCUT2D eigenvalue weighted by atomic mass is 9.63. The standard InChI is InChI=1S/C36H46N3O6/c1-45-32-21-25(12-13-28(43)22-27(42)11-7-5-3-2-4-6-8-19-40)20-31(34(32)44)33-29-15-18-39-35(37)30(29)14-16-36(33,24-41)23-26-10-9-17-38-26/h9-10,14-18,20-21,33,40-41,44H,2-8,11-13,19,22-24H2,1H3,(H2,37,39)/q-1. The van der Waals surface area contributed by atoms with E-state index in [2.05, 4.69) is 9.97 Å². The number of Topliss-reactive ketones (excluding diaryl/α,β-unsaturated/α-hetero) is 2. The monoisotopic (exact) mass is 616 g/mol. The van der Waals surface area contributed by atoms with Gasteiger partial charge in [0.2, 0.25) is 0 Å². The third-order valence-electron chi connectivity index (χ3n) is 8.84. The van der Waals surface area contributed by atoms with Crippen LogP contribution in [-0.2, 0) is 22.4 Å². The number of rotatable bonds is 19. The number of carbonyl (C=O) groups excluding carboxylic acids is 2. The normalized spacial score (nSPS) is 17.3. The van der Waals surface area contributed by atoms with Gasteiger partial charge in [-0.25, -0.2) is 4.98 Å². The van der Waals surface area contributed by atoms with Gasteiger partial charge in [0, 0.05) is 48.1 Å². The van der Waals surface area contributed by atoms with Gasteiger partial charge in [-0.3, -0.25) is 9.59 Å². The molecule has 0 saturated carbocycles. The minimum absolute atomic E-state index is 0.0325. The largest absolute Gasteiger partial charge is 0.668 e. The van der Waals surface area contributed by atoms with Crippen molar-refractivity contribution in [3.63, 3.8) is 0 Å². The molecule has 2 heterocycles. The summed E-state index contributed by atoms with van der Waals surface area (Å²) >= 11 is 0. The highest BCUT2D eigenvalue weighted by atomic mass is 16.5. The van der Waals surface area contributed by atoms with Gasteiger partial charge in [-0.1, -0.05) is 62.5 Å². The van der Waals surface area contributed by atoms with E-state index in [0.29, 0.717) is 30.6 Å². The van der Waals surface area contributed by atoms with Crippen molar-refractivity contribution in [2.24, 2.45) is 5.41 Å². The molecule has 2 unspecified atom stereocenters. The van der Waals surface area contributed by atoms with Crippen molar-refractivity contribution < 1.29 is 29.6 Å². The second-order valence-corrected chi connectivity index (χ2v) is 12.1. The van der Waals surface area contributed by atoms with Crippen LogP contribution in [0.3, 0.4) is 0 Å². The predicted molar refractivity (Wildman–Crippen MR) is 174 cm³/mol. The first-order valence-electron chi connectivity index (χ1n) is 16.0. The second kappa shape index (κ2) is 16.4. The fraction of sp³-hybridized carbons (Fsp3) is 0.472. The van der Waals surface area contributed by atoms with Crippen LogP contribution in [0, 0.1) is 5.41 Å². The summed E-state index contributed by atoms with van der Waals surface area (Å²) in [5, 5.41) is 31.2. The lowest BCUT2D eigenvalue weighted by Crippen LogP contribution is -2.37. The summed E-state index contributed by atoms with van der Waals surface area (Å²) in [5.41, 5.74) is 9.07. The average Bonchev–Trinajstić information content (AvgIpc) is 3.55. The number of aromatic hydroxyl groups is 1. The Morgan fingerprint density at radius 1 is 1.00 bits per heavy atom. The molecule has 1 aliphatic rings. The zero-order valence-electron chi connectivity index (χ0n) is 26.2. The molecule has 1 aromatic carbocycles. The Hall–Kier alpha value is -3.95. The second-order valence-electron chi connectivity index (χ2n) is 12.1. The number of aliphatic hydroxyl groups excluding tert-OH is 2. The van der Waals surface area contributed by atoms with E-state index in [9.17, 15) is 19.8 Å². The number of pyridine rings is 1. The summed E-state index contributed by atoms with van der Waals surface area (Å²) in [5.74, 6) is -0.109. The summed E-state index contributed by atoms with van der Waals surface area (Å²) in [6.07, 6.45) is 15.3. The van der Waals surface area contributed by atoms with Crippen LogP contribution >= 0.6 is 0 Å². The first-order chi connectivity index (χ1) is 21.8. The van der Waals surface area contributed by atoms with Crippen molar-refractivity contribution in [3.05, 3.63) is 76.7 Å². The molecule has 9 nitrogen and oxygen atoms in total. The van der Waals surface area contributed by atoms with Crippen LogP contribution < -0.4 is 15.5 Å². The van der Waals surface area contributed by atoms with Gasteiger partial charge in [0.25, 0.3) is 0 Å². The number of methoxy groups -OCH3 is 1. The van der Waals surface area contributed by atoms with Crippen molar-refractivity contribution >= 4 is 23.5 Å². The molecule has 45 heavy (non-hydrogen) atoms. The number of aliphatic hydroxyl groups is 2. The summed E-state index contributed by atoms with van der Waals surface area (Å²) in [7, 11) is 1.48. The van der Waals surface area contributed by atoms with E-state index in [1.165, 1.54) is 7.11 Å². The lowest BCUT2D eigenvalue weighted by Gasteiger charge is -2.42. The number of aromatic nitrogens is 2. The highest BCUT2D eigenvalue weighted by molar-refractivity contribution is 5.99. The Bertz CT molecular complexity index is 1450. The van der Waals surface area contributed by atoms with Gasteiger partial charge in [0.05, 0.1) is 20.1 Å². The van der Waals surface area contributed by atoms with Gasteiger partial charge in [0.15, 0.2) is 11.5 Å². The molecule has 4 rings (SSSR count). The van der Waals surface area contributed by atoms with Crippen LogP contribution in [0.5, 0.6) is 11.5 Å². The number of unbranched alkanes of at least 4 members (excludes halogenated alkanes) is 6. The number of nitrogen functional groups attached to an aromatic ring is 1. The SMILES string of the molecule is COc1cc(CCC(=O)CC(=O)CCCCCCCCCO)cc(C2c3ccnc(N)c3C=CC2(CO)Cc2ccc[n-]2)c1O. The van der Waals surface area contributed by atoms with Crippen LogP contribution in [0.15, 0.2) is 48.8 Å². The Morgan fingerprint density at radius 3 is 2.42 bits per heavy atom. The molecule has 0 aliphatic heterocycles. The maximum Gasteiger partial charge on any atom is 0.161 e. The number of anilines is 1.